The van der Waals surface area contributed by atoms with Gasteiger partial charge in [-0.15, -0.1) is 0 Å². The van der Waals surface area contributed by atoms with Crippen molar-refractivity contribution in [1.29, 1.82) is 0 Å². The molecule has 0 aromatic carbocycles. The van der Waals surface area contributed by atoms with Crippen LogP contribution in [-0.2, 0) is 9.47 Å². The molecule has 1 heterocycles. The fourth-order valence-electron chi connectivity index (χ4n) is 3.57. The Labute approximate surface area is 141 Å². The van der Waals surface area contributed by atoms with Crippen LogP contribution in [-0.4, -0.2) is 55.0 Å². The smallest absolute Gasteiger partial charge is 0.410 e. The summed E-state index contributed by atoms with van der Waals surface area (Å²) in [7, 11) is 1.81. The molecule has 1 aliphatic heterocycles. The van der Waals surface area contributed by atoms with E-state index in [0.717, 1.165) is 38.8 Å². The Bertz CT molecular complexity index is 373. The molecule has 1 aliphatic carbocycles. The molecule has 23 heavy (non-hydrogen) atoms. The maximum absolute atomic E-state index is 12.3. The summed E-state index contributed by atoms with van der Waals surface area (Å²) in [6.07, 6.45) is 8.24. The van der Waals surface area contributed by atoms with Gasteiger partial charge in [0.25, 0.3) is 0 Å². The molecule has 0 spiro atoms. The summed E-state index contributed by atoms with van der Waals surface area (Å²) in [5, 5.41) is 3.79. The fraction of sp³-hybridized carbons (Fsp3) is 0.944. The maximum atomic E-state index is 12.3. The first kappa shape index (κ1) is 18.5. The van der Waals surface area contributed by atoms with Crippen molar-refractivity contribution in [2.75, 3.05) is 20.2 Å². The summed E-state index contributed by atoms with van der Waals surface area (Å²) >= 11 is 0. The number of nitrogens with zero attached hydrogens (tertiary/aromatic N) is 1. The summed E-state index contributed by atoms with van der Waals surface area (Å²) in [5.41, 5.74) is -0.426. The van der Waals surface area contributed by atoms with E-state index in [1.165, 1.54) is 19.3 Å². The van der Waals surface area contributed by atoms with E-state index in [9.17, 15) is 4.79 Å². The number of rotatable bonds is 3. The third-order valence-corrected chi connectivity index (χ3v) is 4.80. The molecule has 1 atom stereocenters. The number of carbonyl (C=O) groups is 1. The third kappa shape index (κ3) is 6.30. The second-order valence-corrected chi connectivity index (χ2v) is 8.00. The van der Waals surface area contributed by atoms with Gasteiger partial charge >= 0.3 is 6.09 Å². The van der Waals surface area contributed by atoms with Crippen molar-refractivity contribution in [1.82, 2.24) is 10.2 Å². The Morgan fingerprint density at radius 1 is 1.04 bits per heavy atom. The van der Waals surface area contributed by atoms with Gasteiger partial charge < -0.3 is 19.7 Å². The number of amides is 1. The Kier molecular flexibility index (Phi) is 6.72. The minimum absolute atomic E-state index is 0.172. The van der Waals surface area contributed by atoms with Crippen LogP contribution in [0.4, 0.5) is 4.79 Å². The highest BCUT2D eigenvalue weighted by Crippen LogP contribution is 2.22. The fourth-order valence-corrected chi connectivity index (χ4v) is 3.57. The second kappa shape index (κ2) is 8.34. The summed E-state index contributed by atoms with van der Waals surface area (Å²) in [6.45, 7) is 7.34. The molecule has 1 saturated carbocycles. The van der Waals surface area contributed by atoms with Gasteiger partial charge in [0, 0.05) is 32.3 Å². The molecule has 1 N–H and O–H groups in total. The maximum Gasteiger partial charge on any atom is 0.410 e. The summed E-state index contributed by atoms with van der Waals surface area (Å²) in [6, 6.07) is 0.944. The van der Waals surface area contributed by atoms with E-state index in [-0.39, 0.29) is 6.09 Å². The summed E-state index contributed by atoms with van der Waals surface area (Å²) in [5.74, 6) is 0. The molecule has 0 aromatic heterocycles. The van der Waals surface area contributed by atoms with Gasteiger partial charge in [0.15, 0.2) is 0 Å². The Morgan fingerprint density at radius 3 is 2.35 bits per heavy atom. The van der Waals surface area contributed by atoms with Crippen molar-refractivity contribution in [3.05, 3.63) is 0 Å². The van der Waals surface area contributed by atoms with E-state index < -0.39 is 5.60 Å². The van der Waals surface area contributed by atoms with Crippen LogP contribution in [0.15, 0.2) is 0 Å². The van der Waals surface area contributed by atoms with Gasteiger partial charge in [0.05, 0.1) is 6.10 Å². The van der Waals surface area contributed by atoms with Gasteiger partial charge in [-0.2, -0.15) is 0 Å². The van der Waals surface area contributed by atoms with E-state index in [2.05, 4.69) is 5.32 Å². The lowest BCUT2D eigenvalue weighted by molar-refractivity contribution is 0.0236. The lowest BCUT2D eigenvalue weighted by Gasteiger charge is -2.33. The molecule has 1 unspecified atom stereocenters. The number of hydrogen-bond donors (Lipinski definition) is 1. The third-order valence-electron chi connectivity index (χ3n) is 4.80. The van der Waals surface area contributed by atoms with Crippen molar-refractivity contribution in [2.24, 2.45) is 0 Å². The topological polar surface area (TPSA) is 50.8 Å². The average Bonchev–Trinajstić information content (AvgIpc) is 2.72. The van der Waals surface area contributed by atoms with Gasteiger partial charge in [-0.05, 0) is 59.3 Å². The lowest BCUT2D eigenvalue weighted by Crippen LogP contribution is -2.48. The Morgan fingerprint density at radius 2 is 1.74 bits per heavy atom. The van der Waals surface area contributed by atoms with Gasteiger partial charge in [-0.1, -0.05) is 6.42 Å². The van der Waals surface area contributed by atoms with Crippen molar-refractivity contribution < 1.29 is 14.3 Å². The SMILES string of the molecule is COC1CCC(NC2CCCCN(C(=O)OC(C)(C)C)C2)CC1. The highest BCUT2D eigenvalue weighted by molar-refractivity contribution is 5.68. The van der Waals surface area contributed by atoms with Crippen LogP contribution < -0.4 is 5.32 Å². The van der Waals surface area contributed by atoms with Gasteiger partial charge in [-0.25, -0.2) is 4.79 Å². The predicted molar refractivity (Wildman–Crippen MR) is 91.6 cm³/mol. The zero-order valence-electron chi connectivity index (χ0n) is 15.3. The van der Waals surface area contributed by atoms with Crippen LogP contribution in [0.1, 0.15) is 65.7 Å². The van der Waals surface area contributed by atoms with E-state index in [1.54, 1.807) is 0 Å². The molecule has 2 aliphatic rings. The molecule has 2 rings (SSSR count). The molecule has 0 bridgehead atoms. The highest BCUT2D eigenvalue weighted by Gasteiger charge is 2.28. The number of carbonyl (C=O) groups excluding carboxylic acids is 1. The first-order valence-corrected chi connectivity index (χ1v) is 9.14. The molecule has 2 fully saturated rings. The number of methoxy groups -OCH3 is 1. The minimum atomic E-state index is -0.426. The van der Waals surface area contributed by atoms with Gasteiger partial charge in [-0.3, -0.25) is 0 Å². The number of likely N-dealkylation sites (tertiary alicyclic amines) is 1. The van der Waals surface area contributed by atoms with Crippen molar-refractivity contribution in [3.8, 4) is 0 Å². The Balaban J connectivity index is 1.83. The van der Waals surface area contributed by atoms with E-state index >= 15 is 0 Å². The van der Waals surface area contributed by atoms with E-state index in [4.69, 9.17) is 9.47 Å². The standard InChI is InChI=1S/C18H34N2O3/c1-18(2,3)23-17(21)20-12-6-5-7-15(13-20)19-14-8-10-16(22-4)11-9-14/h14-16,19H,5-13H2,1-4H3. The monoisotopic (exact) mass is 326 g/mol. The normalized spacial score (nSPS) is 29.9. The number of nitrogens with one attached hydrogen (secondary N) is 1. The lowest BCUT2D eigenvalue weighted by atomic mass is 9.92. The van der Waals surface area contributed by atoms with Crippen LogP contribution in [0.5, 0.6) is 0 Å². The Hall–Kier alpha value is -0.810. The first-order chi connectivity index (χ1) is 10.9. The van der Waals surface area contributed by atoms with Crippen LogP contribution in [0.3, 0.4) is 0 Å². The molecule has 1 amide bonds. The number of hydrogen-bond acceptors (Lipinski definition) is 4. The molecular formula is C18H34N2O3. The molecule has 0 radical (unpaired) electrons. The van der Waals surface area contributed by atoms with Crippen LogP contribution >= 0.6 is 0 Å². The van der Waals surface area contributed by atoms with Crippen molar-refractivity contribution in [2.45, 2.75) is 89.5 Å². The van der Waals surface area contributed by atoms with Gasteiger partial charge in [0.1, 0.15) is 5.60 Å². The molecule has 1 saturated heterocycles. The molecule has 0 aromatic rings. The second-order valence-electron chi connectivity index (χ2n) is 8.00. The van der Waals surface area contributed by atoms with E-state index in [1.807, 2.05) is 32.8 Å². The average molecular weight is 326 g/mol. The largest absolute Gasteiger partial charge is 0.444 e. The minimum Gasteiger partial charge on any atom is -0.444 e. The summed E-state index contributed by atoms with van der Waals surface area (Å²) in [4.78, 5) is 14.2. The molecule has 134 valence electrons. The first-order valence-electron chi connectivity index (χ1n) is 9.14. The zero-order chi connectivity index (χ0) is 16.9. The highest BCUT2D eigenvalue weighted by atomic mass is 16.6. The molecular weight excluding hydrogens is 292 g/mol. The van der Waals surface area contributed by atoms with Crippen LogP contribution in [0, 0.1) is 0 Å². The van der Waals surface area contributed by atoms with E-state index in [0.29, 0.717) is 18.2 Å². The summed E-state index contributed by atoms with van der Waals surface area (Å²) < 4.78 is 11.0. The van der Waals surface area contributed by atoms with Gasteiger partial charge in [0.2, 0.25) is 0 Å². The molecule has 5 heteroatoms. The zero-order valence-corrected chi connectivity index (χ0v) is 15.3. The predicted octanol–water partition coefficient (Wildman–Crippen LogP) is 3.32. The number of ether oxygens (including phenoxy) is 2. The molecule has 5 nitrogen and oxygen atoms in total. The van der Waals surface area contributed by atoms with Crippen LogP contribution in [0.2, 0.25) is 0 Å². The van der Waals surface area contributed by atoms with Crippen molar-refractivity contribution in [3.63, 3.8) is 0 Å². The van der Waals surface area contributed by atoms with Crippen LogP contribution in [0.25, 0.3) is 0 Å². The quantitative estimate of drug-likeness (QED) is 0.864. The van der Waals surface area contributed by atoms with Crippen molar-refractivity contribution >= 4 is 6.09 Å².